The standard InChI is InChI=1S/C13H13N3O5/c1-2-5-15-8-10(7-14-15)21-12-6-9(16(19)20)3-4-11(12)13(17)18/h3-4,6-8H,2,5H2,1H3,(H,17,18). The number of nitro benzene ring substituents is 1. The van der Waals surface area contributed by atoms with Crippen molar-refractivity contribution in [2.45, 2.75) is 19.9 Å². The Hall–Kier alpha value is -2.90. The zero-order valence-corrected chi connectivity index (χ0v) is 11.2. The highest BCUT2D eigenvalue weighted by Crippen LogP contribution is 2.29. The maximum atomic E-state index is 11.1. The number of carboxylic acids is 1. The minimum absolute atomic E-state index is 0.0900. The van der Waals surface area contributed by atoms with Crippen molar-refractivity contribution in [1.29, 1.82) is 0 Å². The van der Waals surface area contributed by atoms with Gasteiger partial charge in [0.05, 0.1) is 23.4 Å². The van der Waals surface area contributed by atoms with Crippen LogP contribution in [-0.2, 0) is 6.54 Å². The molecule has 0 radical (unpaired) electrons. The number of carbonyl (C=O) groups is 1. The first-order valence-corrected chi connectivity index (χ1v) is 6.23. The zero-order valence-electron chi connectivity index (χ0n) is 11.2. The first-order valence-electron chi connectivity index (χ1n) is 6.23. The Labute approximate surface area is 119 Å². The van der Waals surface area contributed by atoms with Crippen LogP contribution in [-0.4, -0.2) is 25.8 Å². The molecule has 0 aliphatic rings. The van der Waals surface area contributed by atoms with Gasteiger partial charge >= 0.3 is 5.97 Å². The van der Waals surface area contributed by atoms with Gasteiger partial charge in [0.25, 0.3) is 5.69 Å². The zero-order chi connectivity index (χ0) is 15.4. The molecule has 110 valence electrons. The van der Waals surface area contributed by atoms with Crippen molar-refractivity contribution in [2.75, 3.05) is 0 Å². The number of carboxylic acid groups (broad SMARTS) is 1. The molecule has 0 saturated heterocycles. The van der Waals surface area contributed by atoms with E-state index in [1.54, 1.807) is 10.9 Å². The quantitative estimate of drug-likeness (QED) is 0.647. The van der Waals surface area contributed by atoms with Gasteiger partial charge in [-0.05, 0) is 12.5 Å². The fourth-order valence-corrected chi connectivity index (χ4v) is 1.76. The van der Waals surface area contributed by atoms with Gasteiger partial charge in [-0.2, -0.15) is 5.10 Å². The molecule has 0 unspecified atom stereocenters. The van der Waals surface area contributed by atoms with Crippen molar-refractivity contribution in [3.63, 3.8) is 0 Å². The molecule has 0 saturated carbocycles. The van der Waals surface area contributed by atoms with Crippen molar-refractivity contribution in [3.8, 4) is 11.5 Å². The third kappa shape index (κ3) is 3.35. The number of benzene rings is 1. The lowest BCUT2D eigenvalue weighted by Gasteiger charge is -2.06. The normalized spacial score (nSPS) is 10.3. The molecule has 1 N–H and O–H groups in total. The molecular formula is C13H13N3O5. The number of aryl methyl sites for hydroxylation is 1. The van der Waals surface area contributed by atoms with E-state index in [1.165, 1.54) is 6.20 Å². The maximum absolute atomic E-state index is 11.1. The molecule has 0 spiro atoms. The van der Waals surface area contributed by atoms with Gasteiger partial charge in [-0.3, -0.25) is 14.8 Å². The number of ether oxygens (including phenoxy) is 1. The second-order valence-electron chi connectivity index (χ2n) is 4.28. The lowest BCUT2D eigenvalue weighted by Crippen LogP contribution is -2.01. The van der Waals surface area contributed by atoms with Gasteiger partial charge < -0.3 is 9.84 Å². The van der Waals surface area contributed by atoms with Crippen molar-refractivity contribution >= 4 is 11.7 Å². The van der Waals surface area contributed by atoms with E-state index in [4.69, 9.17) is 9.84 Å². The average Bonchev–Trinajstić information content (AvgIpc) is 2.86. The number of nitro groups is 1. The summed E-state index contributed by atoms with van der Waals surface area (Å²) in [4.78, 5) is 21.3. The van der Waals surface area contributed by atoms with E-state index in [1.807, 2.05) is 6.92 Å². The minimum atomic E-state index is -1.22. The number of nitrogens with zero attached hydrogens (tertiary/aromatic N) is 3. The van der Waals surface area contributed by atoms with E-state index in [9.17, 15) is 14.9 Å². The SMILES string of the molecule is CCCn1cc(Oc2cc([N+](=O)[O-])ccc2C(=O)O)cn1. The van der Waals surface area contributed by atoms with Crippen LogP contribution < -0.4 is 4.74 Å². The van der Waals surface area contributed by atoms with Crippen molar-refractivity contribution in [1.82, 2.24) is 9.78 Å². The molecule has 8 nitrogen and oxygen atoms in total. The molecule has 0 amide bonds. The Kier molecular flexibility index (Phi) is 4.17. The Morgan fingerprint density at radius 2 is 2.29 bits per heavy atom. The van der Waals surface area contributed by atoms with Crippen LogP contribution in [0.4, 0.5) is 5.69 Å². The topological polar surface area (TPSA) is 107 Å². The molecule has 8 heteroatoms. The third-order valence-corrected chi connectivity index (χ3v) is 2.70. The van der Waals surface area contributed by atoms with Crippen molar-refractivity contribution < 1.29 is 19.6 Å². The van der Waals surface area contributed by atoms with Crippen LogP contribution in [0.15, 0.2) is 30.6 Å². The number of hydrogen-bond acceptors (Lipinski definition) is 5. The summed E-state index contributed by atoms with van der Waals surface area (Å²) in [5.41, 5.74) is -0.389. The van der Waals surface area contributed by atoms with Crippen LogP contribution in [0.1, 0.15) is 23.7 Å². The largest absolute Gasteiger partial charge is 0.478 e. The third-order valence-electron chi connectivity index (χ3n) is 2.70. The molecule has 1 heterocycles. The van der Waals surface area contributed by atoms with E-state index in [2.05, 4.69) is 5.10 Å². The van der Waals surface area contributed by atoms with E-state index in [0.717, 1.165) is 24.6 Å². The number of rotatable bonds is 6. The Bertz CT molecular complexity index is 680. The van der Waals surface area contributed by atoms with Gasteiger partial charge in [-0.1, -0.05) is 6.92 Å². The molecule has 0 atom stereocenters. The average molecular weight is 291 g/mol. The Balaban J connectivity index is 2.33. The monoisotopic (exact) mass is 291 g/mol. The van der Waals surface area contributed by atoms with Gasteiger partial charge in [-0.15, -0.1) is 0 Å². The molecular weight excluding hydrogens is 278 g/mol. The van der Waals surface area contributed by atoms with Crippen LogP contribution in [0.5, 0.6) is 11.5 Å². The number of non-ortho nitro benzene ring substituents is 1. The van der Waals surface area contributed by atoms with Crippen molar-refractivity contribution in [2.24, 2.45) is 0 Å². The van der Waals surface area contributed by atoms with Crippen LogP contribution in [0.2, 0.25) is 0 Å². The van der Waals surface area contributed by atoms with Crippen LogP contribution in [0.3, 0.4) is 0 Å². The molecule has 2 aromatic rings. The fourth-order valence-electron chi connectivity index (χ4n) is 1.76. The van der Waals surface area contributed by atoms with Gasteiger partial charge in [0.15, 0.2) is 5.75 Å². The molecule has 0 fully saturated rings. The highest BCUT2D eigenvalue weighted by atomic mass is 16.6. The van der Waals surface area contributed by atoms with Gasteiger partial charge in [-0.25, -0.2) is 4.79 Å². The van der Waals surface area contributed by atoms with Gasteiger partial charge in [0.1, 0.15) is 11.3 Å². The molecule has 1 aromatic heterocycles. The first kappa shape index (κ1) is 14.5. The summed E-state index contributed by atoms with van der Waals surface area (Å²) in [6, 6.07) is 3.35. The molecule has 21 heavy (non-hydrogen) atoms. The lowest BCUT2D eigenvalue weighted by atomic mass is 10.2. The smallest absolute Gasteiger partial charge is 0.339 e. The summed E-state index contributed by atoms with van der Waals surface area (Å²) in [5.74, 6) is -0.986. The Morgan fingerprint density at radius 3 is 2.90 bits per heavy atom. The summed E-state index contributed by atoms with van der Waals surface area (Å²) >= 11 is 0. The molecule has 1 aromatic carbocycles. The van der Waals surface area contributed by atoms with Crippen LogP contribution in [0, 0.1) is 10.1 Å². The van der Waals surface area contributed by atoms with Crippen LogP contribution in [0.25, 0.3) is 0 Å². The summed E-state index contributed by atoms with van der Waals surface area (Å²) in [6.07, 6.45) is 3.92. The lowest BCUT2D eigenvalue weighted by molar-refractivity contribution is -0.384. The van der Waals surface area contributed by atoms with Gasteiger partial charge in [0, 0.05) is 12.6 Å². The van der Waals surface area contributed by atoms with Crippen LogP contribution >= 0.6 is 0 Å². The second kappa shape index (κ2) is 6.04. The Morgan fingerprint density at radius 1 is 1.52 bits per heavy atom. The summed E-state index contributed by atoms with van der Waals surface area (Å²) in [7, 11) is 0. The summed E-state index contributed by atoms with van der Waals surface area (Å²) in [5, 5.41) is 23.9. The fraction of sp³-hybridized carbons (Fsp3) is 0.231. The predicted molar refractivity (Wildman–Crippen MR) is 72.6 cm³/mol. The highest BCUT2D eigenvalue weighted by molar-refractivity contribution is 5.91. The predicted octanol–water partition coefficient (Wildman–Crippen LogP) is 2.69. The molecule has 0 aliphatic heterocycles. The van der Waals surface area contributed by atoms with E-state index < -0.39 is 10.9 Å². The first-order chi connectivity index (χ1) is 10.0. The summed E-state index contributed by atoms with van der Waals surface area (Å²) in [6.45, 7) is 2.69. The number of hydrogen-bond donors (Lipinski definition) is 1. The number of aromatic carboxylic acids is 1. The van der Waals surface area contributed by atoms with E-state index in [0.29, 0.717) is 12.3 Å². The molecule has 2 rings (SSSR count). The minimum Gasteiger partial charge on any atom is -0.478 e. The molecule has 0 bridgehead atoms. The van der Waals surface area contributed by atoms with E-state index in [-0.39, 0.29) is 17.0 Å². The van der Waals surface area contributed by atoms with E-state index >= 15 is 0 Å². The summed E-state index contributed by atoms with van der Waals surface area (Å²) < 4.78 is 7.07. The molecule has 0 aliphatic carbocycles. The maximum Gasteiger partial charge on any atom is 0.339 e. The van der Waals surface area contributed by atoms with Gasteiger partial charge in [0.2, 0.25) is 0 Å². The van der Waals surface area contributed by atoms with Crippen molar-refractivity contribution in [3.05, 3.63) is 46.3 Å². The number of aromatic nitrogens is 2. The highest BCUT2D eigenvalue weighted by Gasteiger charge is 2.17. The second-order valence-corrected chi connectivity index (χ2v) is 4.28.